The molecule has 1 atom stereocenters. The molecular weight excluding hydrogens is 235 g/mol. The third-order valence-electron chi connectivity index (χ3n) is 1.43. The van der Waals surface area contributed by atoms with E-state index < -0.39 is 33.5 Å². The maximum atomic E-state index is 13.0. The maximum absolute atomic E-state index is 13.0. The fraction of sp³-hybridized carbons (Fsp3) is 0. The van der Waals surface area contributed by atoms with Crippen molar-refractivity contribution in [3.63, 3.8) is 0 Å². The Balaban J connectivity index is 3.43. The Morgan fingerprint density at radius 2 is 2.07 bits per heavy atom. The van der Waals surface area contributed by atoms with Crippen LogP contribution >= 0.6 is 11.6 Å². The molecule has 0 bridgehead atoms. The van der Waals surface area contributed by atoms with Crippen LogP contribution in [0, 0.1) is 5.82 Å². The predicted molar refractivity (Wildman–Crippen MR) is 47.4 cm³/mol. The van der Waals surface area contributed by atoms with Crippen molar-refractivity contribution < 1.29 is 23.1 Å². The minimum Gasteiger partial charge on any atom is -0.478 e. The van der Waals surface area contributed by atoms with Gasteiger partial charge in [-0.25, -0.2) is 13.4 Å². The van der Waals surface area contributed by atoms with Crippen LogP contribution in [0.25, 0.3) is 0 Å². The van der Waals surface area contributed by atoms with Gasteiger partial charge in [-0.3, -0.25) is 0 Å². The summed E-state index contributed by atoms with van der Waals surface area (Å²) < 4.78 is 32.2. The first kappa shape index (κ1) is 11.1. The van der Waals surface area contributed by atoms with Gasteiger partial charge in [0.25, 0.3) is 0 Å². The fourth-order valence-corrected chi connectivity index (χ4v) is 1.54. The molecule has 0 heterocycles. The van der Waals surface area contributed by atoms with Crippen LogP contribution in [0.1, 0.15) is 10.4 Å². The molecule has 0 radical (unpaired) electrons. The fourth-order valence-electron chi connectivity index (χ4n) is 0.821. The van der Waals surface area contributed by atoms with E-state index >= 15 is 0 Å². The zero-order valence-electron chi connectivity index (χ0n) is 6.53. The van der Waals surface area contributed by atoms with Crippen LogP contribution in [0.15, 0.2) is 17.0 Å². The summed E-state index contributed by atoms with van der Waals surface area (Å²) in [6, 6.07) is 1.67. The number of carbonyl (C=O) groups is 1. The molecule has 2 N–H and O–H groups in total. The first-order valence-electron chi connectivity index (χ1n) is 3.26. The minimum atomic E-state index is -2.39. The van der Waals surface area contributed by atoms with Crippen molar-refractivity contribution >= 4 is 28.7 Å². The average molecular weight is 239 g/mol. The van der Waals surface area contributed by atoms with Crippen molar-refractivity contribution in [2.45, 2.75) is 4.90 Å². The van der Waals surface area contributed by atoms with Crippen molar-refractivity contribution in [1.29, 1.82) is 0 Å². The molecule has 0 aliphatic carbocycles. The molecule has 1 rings (SSSR count). The van der Waals surface area contributed by atoms with E-state index in [4.69, 9.17) is 21.3 Å². The number of carboxylic acid groups (broad SMARTS) is 1. The molecule has 0 fully saturated rings. The summed E-state index contributed by atoms with van der Waals surface area (Å²) in [7, 11) is 0. The number of aromatic carboxylic acids is 1. The molecule has 0 aromatic heterocycles. The number of rotatable bonds is 2. The van der Waals surface area contributed by atoms with Gasteiger partial charge in [0.1, 0.15) is 0 Å². The van der Waals surface area contributed by atoms with Crippen LogP contribution in [-0.2, 0) is 11.1 Å². The third-order valence-corrected chi connectivity index (χ3v) is 2.35. The normalized spacial score (nSPS) is 12.5. The van der Waals surface area contributed by atoms with Gasteiger partial charge in [-0.05, 0) is 12.1 Å². The van der Waals surface area contributed by atoms with Crippen molar-refractivity contribution in [2.24, 2.45) is 0 Å². The Labute approximate surface area is 85.6 Å². The molecule has 76 valence electrons. The van der Waals surface area contributed by atoms with Crippen molar-refractivity contribution in [2.75, 3.05) is 0 Å². The van der Waals surface area contributed by atoms with E-state index in [0.29, 0.717) is 0 Å². The summed E-state index contributed by atoms with van der Waals surface area (Å²) >= 11 is 2.93. The second kappa shape index (κ2) is 4.04. The summed E-state index contributed by atoms with van der Waals surface area (Å²) in [4.78, 5) is 10.2. The highest BCUT2D eigenvalue weighted by atomic mass is 35.5. The number of hydrogen-bond acceptors (Lipinski definition) is 2. The molecule has 0 aliphatic heterocycles. The van der Waals surface area contributed by atoms with Gasteiger partial charge in [0.05, 0.1) is 15.5 Å². The summed E-state index contributed by atoms with van der Waals surface area (Å²) in [6.07, 6.45) is 0. The summed E-state index contributed by atoms with van der Waals surface area (Å²) in [5, 5.41) is 8.02. The highest BCUT2D eigenvalue weighted by Gasteiger charge is 2.16. The highest BCUT2D eigenvalue weighted by Crippen LogP contribution is 2.22. The topological polar surface area (TPSA) is 74.6 Å². The molecule has 4 nitrogen and oxygen atoms in total. The Kier molecular flexibility index (Phi) is 3.20. The standard InChI is InChI=1S/C7H4ClFO4S/c8-5-2-3(14(12)13)1-4(6(5)9)7(10)11/h1-2H,(H,10,11)(H,12,13). The lowest BCUT2D eigenvalue weighted by Crippen LogP contribution is -2.03. The molecule has 14 heavy (non-hydrogen) atoms. The maximum Gasteiger partial charge on any atom is 0.338 e. The minimum absolute atomic E-state index is 0.256. The molecular formula is C7H4ClFO4S. The van der Waals surface area contributed by atoms with E-state index in [1.54, 1.807) is 0 Å². The Morgan fingerprint density at radius 3 is 2.50 bits per heavy atom. The molecule has 0 saturated heterocycles. The first-order chi connectivity index (χ1) is 6.43. The van der Waals surface area contributed by atoms with Crippen LogP contribution < -0.4 is 0 Å². The van der Waals surface area contributed by atoms with E-state index in [2.05, 4.69) is 0 Å². The lowest BCUT2D eigenvalue weighted by molar-refractivity contribution is 0.0691. The van der Waals surface area contributed by atoms with Gasteiger partial charge >= 0.3 is 5.97 Å². The molecule has 0 saturated carbocycles. The first-order valence-corrected chi connectivity index (χ1v) is 4.75. The number of benzene rings is 1. The largest absolute Gasteiger partial charge is 0.478 e. The van der Waals surface area contributed by atoms with Gasteiger partial charge in [-0.15, -0.1) is 0 Å². The van der Waals surface area contributed by atoms with Crippen LogP contribution in [0.5, 0.6) is 0 Å². The van der Waals surface area contributed by atoms with Gasteiger partial charge in [0, 0.05) is 0 Å². The molecule has 0 aliphatic rings. The van der Waals surface area contributed by atoms with Gasteiger partial charge in [0.2, 0.25) is 0 Å². The predicted octanol–water partition coefficient (Wildman–Crippen LogP) is 1.76. The molecule has 0 spiro atoms. The van der Waals surface area contributed by atoms with Crippen LogP contribution in [-0.4, -0.2) is 19.8 Å². The number of carboxylic acids is 1. The van der Waals surface area contributed by atoms with Crippen LogP contribution in [0.2, 0.25) is 5.02 Å². The van der Waals surface area contributed by atoms with Gasteiger partial charge in [-0.1, -0.05) is 11.6 Å². The smallest absolute Gasteiger partial charge is 0.338 e. The lowest BCUT2D eigenvalue weighted by atomic mass is 10.2. The summed E-state index contributed by atoms with van der Waals surface area (Å²) in [5.74, 6) is -2.66. The van der Waals surface area contributed by atoms with E-state index in [1.807, 2.05) is 0 Å². The Morgan fingerprint density at radius 1 is 1.50 bits per heavy atom. The Bertz CT molecular complexity index is 420. The quantitative estimate of drug-likeness (QED) is 0.770. The van der Waals surface area contributed by atoms with Crippen molar-refractivity contribution in [3.05, 3.63) is 28.5 Å². The van der Waals surface area contributed by atoms with E-state index in [0.717, 1.165) is 12.1 Å². The van der Waals surface area contributed by atoms with Crippen molar-refractivity contribution in [3.8, 4) is 0 Å². The highest BCUT2D eigenvalue weighted by molar-refractivity contribution is 7.79. The second-order valence-corrected chi connectivity index (χ2v) is 3.70. The van der Waals surface area contributed by atoms with Crippen LogP contribution in [0.4, 0.5) is 4.39 Å². The molecule has 1 aromatic rings. The summed E-state index contributed by atoms with van der Waals surface area (Å²) in [5.41, 5.74) is -0.727. The van der Waals surface area contributed by atoms with E-state index in [9.17, 15) is 13.4 Å². The van der Waals surface area contributed by atoms with Gasteiger partial charge < -0.3 is 9.66 Å². The van der Waals surface area contributed by atoms with Crippen LogP contribution in [0.3, 0.4) is 0 Å². The molecule has 1 aromatic carbocycles. The molecule has 0 amide bonds. The third kappa shape index (κ3) is 2.09. The SMILES string of the molecule is O=C(O)c1cc(S(=O)O)cc(Cl)c1F. The molecule has 7 heteroatoms. The number of halogens is 2. The summed E-state index contributed by atoms with van der Waals surface area (Å²) in [6.45, 7) is 0. The molecule has 1 unspecified atom stereocenters. The van der Waals surface area contributed by atoms with E-state index in [-0.39, 0.29) is 4.90 Å². The second-order valence-electron chi connectivity index (χ2n) is 2.32. The zero-order valence-corrected chi connectivity index (χ0v) is 8.10. The van der Waals surface area contributed by atoms with Gasteiger partial charge in [-0.2, -0.15) is 0 Å². The number of hydrogen-bond donors (Lipinski definition) is 2. The Hall–Kier alpha value is -0.980. The monoisotopic (exact) mass is 238 g/mol. The lowest BCUT2D eigenvalue weighted by Gasteiger charge is -2.02. The van der Waals surface area contributed by atoms with E-state index in [1.165, 1.54) is 0 Å². The zero-order chi connectivity index (χ0) is 10.9. The average Bonchev–Trinajstić information content (AvgIpc) is 2.08. The van der Waals surface area contributed by atoms with Crippen molar-refractivity contribution in [1.82, 2.24) is 0 Å². The van der Waals surface area contributed by atoms with Gasteiger partial charge in [0.15, 0.2) is 16.9 Å².